The number of piperidine rings is 1. The van der Waals surface area contributed by atoms with Crippen molar-refractivity contribution in [3.63, 3.8) is 0 Å². The van der Waals surface area contributed by atoms with Crippen molar-refractivity contribution in [1.29, 1.82) is 0 Å². The predicted molar refractivity (Wildman–Crippen MR) is 79.2 cm³/mol. The molecule has 1 fully saturated rings. The first-order chi connectivity index (χ1) is 9.28. The van der Waals surface area contributed by atoms with Crippen LogP contribution < -0.4 is 0 Å². The minimum Gasteiger partial charge on any atom is -0.395 e. The van der Waals surface area contributed by atoms with E-state index in [1.54, 1.807) is 0 Å². The van der Waals surface area contributed by atoms with Crippen LogP contribution in [0.25, 0.3) is 11.0 Å². The zero-order valence-electron chi connectivity index (χ0n) is 10.8. The smallest absolute Gasteiger partial charge is 0.0960 e. The van der Waals surface area contributed by atoms with E-state index in [1.165, 1.54) is 5.52 Å². The predicted octanol–water partition coefficient (Wildman–Crippen LogP) is 2.43. The third-order valence-electron chi connectivity index (χ3n) is 3.90. The van der Waals surface area contributed by atoms with Crippen LogP contribution in [0.1, 0.15) is 18.9 Å². The Hall–Kier alpha value is -0.910. The summed E-state index contributed by atoms with van der Waals surface area (Å²) in [6, 6.07) is 6.79. The number of hydrogen-bond donors (Lipinski definition) is 1. The molecule has 0 unspecified atom stereocenters. The minimum absolute atomic E-state index is 0.257. The molecule has 1 aromatic carbocycles. The molecule has 4 nitrogen and oxygen atoms in total. The van der Waals surface area contributed by atoms with Crippen molar-refractivity contribution in [3.05, 3.63) is 29.0 Å². The molecule has 1 N–H and O–H groups in total. The third-order valence-corrected chi connectivity index (χ3v) is 4.40. The van der Waals surface area contributed by atoms with E-state index < -0.39 is 0 Å². The lowest BCUT2D eigenvalue weighted by Gasteiger charge is -2.32. The highest BCUT2D eigenvalue weighted by Gasteiger charge is 2.21. The van der Waals surface area contributed by atoms with E-state index in [0.717, 1.165) is 42.5 Å². The van der Waals surface area contributed by atoms with Gasteiger partial charge < -0.3 is 14.6 Å². The summed E-state index contributed by atoms with van der Waals surface area (Å²) in [7, 11) is 0. The van der Waals surface area contributed by atoms with Gasteiger partial charge in [-0.1, -0.05) is 15.9 Å². The maximum atomic E-state index is 8.97. The number of β-amino-alcohol motifs (C(OH)–C–C–N with tert-alkyl or cyclic N) is 1. The quantitative estimate of drug-likeness (QED) is 0.943. The number of likely N-dealkylation sites (tertiary alicyclic amines) is 1. The molecule has 19 heavy (non-hydrogen) atoms. The first kappa shape index (κ1) is 13.1. The van der Waals surface area contributed by atoms with Crippen LogP contribution in [0.4, 0.5) is 0 Å². The van der Waals surface area contributed by atoms with Crippen molar-refractivity contribution in [1.82, 2.24) is 14.5 Å². The van der Waals surface area contributed by atoms with Gasteiger partial charge in [0.2, 0.25) is 0 Å². The molecule has 0 saturated carbocycles. The largest absolute Gasteiger partial charge is 0.395 e. The first-order valence-electron chi connectivity index (χ1n) is 6.73. The molecule has 1 aliphatic heterocycles. The van der Waals surface area contributed by atoms with Gasteiger partial charge in [0.15, 0.2) is 0 Å². The number of aromatic nitrogens is 2. The molecular formula is C14H18BrN3O. The number of fused-ring (bicyclic) bond motifs is 1. The molecule has 0 aliphatic carbocycles. The summed E-state index contributed by atoms with van der Waals surface area (Å²) in [6.45, 7) is 3.17. The van der Waals surface area contributed by atoms with E-state index >= 15 is 0 Å². The summed E-state index contributed by atoms with van der Waals surface area (Å²) in [6.07, 6.45) is 4.21. The van der Waals surface area contributed by atoms with Crippen LogP contribution in [0.3, 0.4) is 0 Å². The van der Waals surface area contributed by atoms with Crippen LogP contribution in [-0.4, -0.2) is 45.8 Å². The second kappa shape index (κ2) is 5.61. The van der Waals surface area contributed by atoms with Crippen molar-refractivity contribution < 1.29 is 5.11 Å². The Labute approximate surface area is 121 Å². The van der Waals surface area contributed by atoms with E-state index in [9.17, 15) is 0 Å². The lowest BCUT2D eigenvalue weighted by molar-refractivity contribution is 0.150. The van der Waals surface area contributed by atoms with Crippen molar-refractivity contribution in [2.24, 2.45) is 0 Å². The first-order valence-corrected chi connectivity index (χ1v) is 7.52. The van der Waals surface area contributed by atoms with Gasteiger partial charge in [-0.3, -0.25) is 0 Å². The molecule has 5 heteroatoms. The molecule has 2 heterocycles. The molecule has 0 radical (unpaired) electrons. The molecule has 3 rings (SSSR count). The number of nitrogens with zero attached hydrogens (tertiary/aromatic N) is 3. The number of benzene rings is 1. The average Bonchev–Trinajstić information content (AvgIpc) is 2.83. The Morgan fingerprint density at radius 1 is 1.32 bits per heavy atom. The van der Waals surface area contributed by atoms with Crippen LogP contribution >= 0.6 is 15.9 Å². The third kappa shape index (κ3) is 2.68. The number of hydrogen-bond acceptors (Lipinski definition) is 3. The van der Waals surface area contributed by atoms with Gasteiger partial charge in [0.1, 0.15) is 0 Å². The SMILES string of the molecule is OCCN1CCC(n2cnc3cc(Br)ccc32)CC1. The second-order valence-corrected chi connectivity index (χ2v) is 6.00. The standard InChI is InChI=1S/C14H18BrN3O/c15-11-1-2-14-13(9-11)16-10-18(14)12-3-5-17(6-4-12)7-8-19/h1-2,9-10,12,19H,3-8H2. The summed E-state index contributed by atoms with van der Waals surface area (Å²) in [4.78, 5) is 6.82. The monoisotopic (exact) mass is 323 g/mol. The molecule has 0 atom stereocenters. The highest BCUT2D eigenvalue weighted by atomic mass is 79.9. The zero-order chi connectivity index (χ0) is 13.2. The maximum absolute atomic E-state index is 8.97. The molecule has 0 amide bonds. The van der Waals surface area contributed by atoms with E-state index in [1.807, 2.05) is 6.33 Å². The number of rotatable bonds is 3. The molecule has 1 aliphatic rings. The fraction of sp³-hybridized carbons (Fsp3) is 0.500. The average molecular weight is 324 g/mol. The van der Waals surface area contributed by atoms with Crippen LogP contribution in [0.5, 0.6) is 0 Å². The Bertz CT molecular complexity index is 561. The Balaban J connectivity index is 1.78. The van der Waals surface area contributed by atoms with Gasteiger partial charge in [-0.05, 0) is 31.0 Å². The topological polar surface area (TPSA) is 41.3 Å². The van der Waals surface area contributed by atoms with E-state index in [2.05, 4.69) is 48.6 Å². The molecular weight excluding hydrogens is 306 g/mol. The van der Waals surface area contributed by atoms with Crippen LogP contribution in [-0.2, 0) is 0 Å². The summed E-state index contributed by atoms with van der Waals surface area (Å²) >= 11 is 3.48. The van der Waals surface area contributed by atoms with E-state index in [-0.39, 0.29) is 6.61 Å². The van der Waals surface area contributed by atoms with Gasteiger partial charge in [-0.2, -0.15) is 0 Å². The van der Waals surface area contributed by atoms with Crippen LogP contribution in [0.15, 0.2) is 29.0 Å². The van der Waals surface area contributed by atoms with Crippen molar-refractivity contribution in [2.45, 2.75) is 18.9 Å². The summed E-state index contributed by atoms with van der Waals surface area (Å²) < 4.78 is 3.38. The van der Waals surface area contributed by atoms with Crippen LogP contribution in [0, 0.1) is 0 Å². The van der Waals surface area contributed by atoms with Gasteiger partial charge in [-0.15, -0.1) is 0 Å². The highest BCUT2D eigenvalue weighted by Crippen LogP contribution is 2.27. The van der Waals surface area contributed by atoms with Gasteiger partial charge in [0.25, 0.3) is 0 Å². The Kier molecular flexibility index (Phi) is 3.86. The fourth-order valence-electron chi connectivity index (χ4n) is 2.86. The van der Waals surface area contributed by atoms with Gasteiger partial charge in [-0.25, -0.2) is 4.98 Å². The number of aliphatic hydroxyl groups is 1. The molecule has 1 aromatic heterocycles. The molecule has 0 spiro atoms. The van der Waals surface area contributed by atoms with E-state index in [0.29, 0.717) is 6.04 Å². The molecule has 0 bridgehead atoms. The van der Waals surface area contributed by atoms with Gasteiger partial charge >= 0.3 is 0 Å². The highest BCUT2D eigenvalue weighted by molar-refractivity contribution is 9.10. The number of halogens is 1. The maximum Gasteiger partial charge on any atom is 0.0960 e. The van der Waals surface area contributed by atoms with Gasteiger partial charge in [0, 0.05) is 30.1 Å². The number of aliphatic hydroxyl groups excluding tert-OH is 1. The Morgan fingerprint density at radius 3 is 2.84 bits per heavy atom. The normalized spacial score (nSPS) is 18.2. The van der Waals surface area contributed by atoms with Gasteiger partial charge in [0.05, 0.1) is 24.0 Å². The zero-order valence-corrected chi connectivity index (χ0v) is 12.4. The lowest BCUT2D eigenvalue weighted by atomic mass is 10.0. The Morgan fingerprint density at radius 2 is 2.11 bits per heavy atom. The molecule has 102 valence electrons. The van der Waals surface area contributed by atoms with E-state index in [4.69, 9.17) is 5.11 Å². The fourth-order valence-corrected chi connectivity index (χ4v) is 3.21. The summed E-state index contributed by atoms with van der Waals surface area (Å²) in [5.74, 6) is 0. The molecule has 1 saturated heterocycles. The lowest BCUT2D eigenvalue weighted by Crippen LogP contribution is -2.36. The van der Waals surface area contributed by atoms with Crippen molar-refractivity contribution in [2.75, 3.05) is 26.2 Å². The number of imidazole rings is 1. The summed E-state index contributed by atoms with van der Waals surface area (Å²) in [5, 5.41) is 8.97. The van der Waals surface area contributed by atoms with Crippen LogP contribution in [0.2, 0.25) is 0 Å². The van der Waals surface area contributed by atoms with Crippen molar-refractivity contribution in [3.8, 4) is 0 Å². The minimum atomic E-state index is 0.257. The summed E-state index contributed by atoms with van der Waals surface area (Å²) in [5.41, 5.74) is 2.26. The van der Waals surface area contributed by atoms with Crippen molar-refractivity contribution >= 4 is 27.0 Å². The molecule has 2 aromatic rings. The second-order valence-electron chi connectivity index (χ2n) is 5.08.